The van der Waals surface area contributed by atoms with E-state index in [9.17, 15) is 24.6 Å². The summed E-state index contributed by atoms with van der Waals surface area (Å²) in [6.45, 7) is 2.11. The maximum Gasteiger partial charge on any atom is 0.407 e. The van der Waals surface area contributed by atoms with Crippen LogP contribution in [0, 0.1) is 0 Å². The van der Waals surface area contributed by atoms with Gasteiger partial charge in [0, 0.05) is 19.5 Å². The summed E-state index contributed by atoms with van der Waals surface area (Å²) >= 11 is 0. The smallest absolute Gasteiger partial charge is 0.407 e. The second-order valence-electron chi connectivity index (χ2n) is 9.93. The molecule has 1 aromatic heterocycles. The number of alkyl carbamates (subject to hydrolysis) is 1. The van der Waals surface area contributed by atoms with Crippen LogP contribution >= 0.6 is 0 Å². The van der Waals surface area contributed by atoms with Crippen LogP contribution in [0.25, 0.3) is 0 Å². The zero-order chi connectivity index (χ0) is 32.0. The summed E-state index contributed by atoms with van der Waals surface area (Å²) in [5.74, 6) is -0.356. The lowest BCUT2D eigenvalue weighted by molar-refractivity contribution is -0.121. The molecule has 44 heavy (non-hydrogen) atoms. The predicted molar refractivity (Wildman–Crippen MR) is 167 cm³/mol. The van der Waals surface area contributed by atoms with Gasteiger partial charge in [-0.05, 0) is 44.9 Å². The zero-order valence-corrected chi connectivity index (χ0v) is 25.3. The van der Waals surface area contributed by atoms with Crippen LogP contribution in [0.3, 0.4) is 0 Å². The summed E-state index contributed by atoms with van der Waals surface area (Å²) < 4.78 is 11.4. The van der Waals surface area contributed by atoms with E-state index in [1.165, 1.54) is 0 Å². The highest BCUT2D eigenvalue weighted by atomic mass is 16.6. The van der Waals surface area contributed by atoms with E-state index in [0.717, 1.165) is 55.8 Å². The van der Waals surface area contributed by atoms with Crippen LogP contribution in [-0.4, -0.2) is 74.8 Å². The number of allylic oxidation sites excluding steroid dienone is 10. The Morgan fingerprint density at radius 2 is 1.55 bits per heavy atom. The lowest BCUT2D eigenvalue weighted by Crippen LogP contribution is -2.38. The molecular formula is C31H46N6O7. The molecule has 2 rings (SSSR count). The molecule has 1 aliphatic rings. The number of hydrogen-bond donors (Lipinski definition) is 5. The minimum absolute atomic E-state index is 0.114. The molecule has 2 amide bonds. The number of unbranched alkanes of at least 4 members (excludes halogenated alkanes) is 1. The lowest BCUT2D eigenvalue weighted by Gasteiger charge is -2.16. The molecule has 2 heterocycles. The Morgan fingerprint density at radius 3 is 2.16 bits per heavy atom. The maximum absolute atomic E-state index is 12.0. The van der Waals surface area contributed by atoms with Gasteiger partial charge in [0.15, 0.2) is 6.23 Å². The van der Waals surface area contributed by atoms with Gasteiger partial charge in [0.1, 0.15) is 31.2 Å². The fourth-order valence-corrected chi connectivity index (χ4v) is 4.04. The van der Waals surface area contributed by atoms with E-state index < -0.39 is 36.3 Å². The van der Waals surface area contributed by atoms with Gasteiger partial charge in [-0.25, -0.2) is 14.6 Å². The van der Waals surface area contributed by atoms with E-state index in [1.54, 1.807) is 0 Å². The molecule has 0 radical (unpaired) electrons. The Morgan fingerprint density at radius 1 is 0.955 bits per heavy atom. The van der Waals surface area contributed by atoms with E-state index in [-0.39, 0.29) is 31.6 Å². The lowest BCUT2D eigenvalue weighted by atomic mass is 10.1. The van der Waals surface area contributed by atoms with E-state index in [4.69, 9.17) is 15.2 Å². The normalized spacial score (nSPS) is 20.5. The highest BCUT2D eigenvalue weighted by Gasteiger charge is 2.44. The van der Waals surface area contributed by atoms with Crippen LogP contribution in [0.5, 0.6) is 0 Å². The first-order valence-corrected chi connectivity index (χ1v) is 15.0. The minimum Gasteiger partial charge on any atom is -0.447 e. The number of aromatic nitrogens is 3. The molecule has 0 bridgehead atoms. The number of anilines is 1. The average molecular weight is 615 g/mol. The van der Waals surface area contributed by atoms with Crippen LogP contribution in [0.4, 0.5) is 10.7 Å². The molecular weight excluding hydrogens is 568 g/mol. The third kappa shape index (κ3) is 14.4. The largest absolute Gasteiger partial charge is 0.447 e. The van der Waals surface area contributed by atoms with Crippen molar-refractivity contribution in [3.63, 3.8) is 0 Å². The SMILES string of the molecule is CC/C=C\C/C=C\C/C=C\C/C=C\C/C=C\CCCC(=O)NCCNC(=O)OC[C@H]1OC(n2cnc(N)nc2=O)[C@H](O)[C@@H]1O. The fourth-order valence-electron chi connectivity index (χ4n) is 4.04. The molecule has 0 spiro atoms. The first-order valence-electron chi connectivity index (χ1n) is 15.0. The number of aliphatic hydroxyl groups excluding tert-OH is 2. The number of hydrogen-bond acceptors (Lipinski definition) is 10. The summed E-state index contributed by atoms with van der Waals surface area (Å²) in [5.41, 5.74) is 4.54. The molecule has 1 unspecified atom stereocenters. The fraction of sp³-hybridized carbons (Fsp3) is 0.516. The van der Waals surface area contributed by atoms with Gasteiger partial charge in [0.2, 0.25) is 11.9 Å². The van der Waals surface area contributed by atoms with Crippen LogP contribution < -0.4 is 22.1 Å². The van der Waals surface area contributed by atoms with Gasteiger partial charge in [0.05, 0.1) is 0 Å². The van der Waals surface area contributed by atoms with Gasteiger partial charge in [0.25, 0.3) is 0 Å². The average Bonchev–Trinajstić information content (AvgIpc) is 3.28. The summed E-state index contributed by atoms with van der Waals surface area (Å²) in [4.78, 5) is 43.0. The summed E-state index contributed by atoms with van der Waals surface area (Å²) in [5, 5.41) is 25.6. The molecule has 1 saturated heterocycles. The number of carbonyl (C=O) groups is 2. The molecule has 13 nitrogen and oxygen atoms in total. The molecule has 0 aliphatic carbocycles. The van der Waals surface area contributed by atoms with Crippen molar-refractivity contribution < 1.29 is 29.3 Å². The quantitative estimate of drug-likeness (QED) is 0.114. The summed E-state index contributed by atoms with van der Waals surface area (Å²) in [6.07, 6.45) is 23.1. The highest BCUT2D eigenvalue weighted by Crippen LogP contribution is 2.28. The highest BCUT2D eigenvalue weighted by molar-refractivity contribution is 5.75. The molecule has 0 saturated carbocycles. The third-order valence-corrected chi connectivity index (χ3v) is 6.38. The van der Waals surface area contributed by atoms with E-state index >= 15 is 0 Å². The predicted octanol–water partition coefficient (Wildman–Crippen LogP) is 2.60. The minimum atomic E-state index is -1.48. The van der Waals surface area contributed by atoms with Gasteiger partial charge in [-0.3, -0.25) is 9.36 Å². The molecule has 1 aliphatic heterocycles. The second-order valence-corrected chi connectivity index (χ2v) is 9.93. The van der Waals surface area contributed by atoms with Gasteiger partial charge in [-0.2, -0.15) is 4.98 Å². The van der Waals surface area contributed by atoms with Crippen LogP contribution in [-0.2, 0) is 14.3 Å². The number of nitrogens with zero attached hydrogens (tertiary/aromatic N) is 3. The van der Waals surface area contributed by atoms with Crippen molar-refractivity contribution >= 4 is 17.9 Å². The number of nitrogens with one attached hydrogen (secondary N) is 2. The van der Waals surface area contributed by atoms with E-state index in [1.807, 2.05) is 0 Å². The van der Waals surface area contributed by atoms with Crippen molar-refractivity contribution in [2.45, 2.75) is 82.8 Å². The molecule has 13 heteroatoms. The second kappa shape index (κ2) is 21.6. The number of aliphatic hydroxyl groups is 2. The van der Waals surface area contributed by atoms with Crippen molar-refractivity contribution in [2.24, 2.45) is 0 Å². The van der Waals surface area contributed by atoms with Crippen LogP contribution in [0.1, 0.15) is 64.5 Å². The van der Waals surface area contributed by atoms with Crippen molar-refractivity contribution in [2.75, 3.05) is 25.4 Å². The van der Waals surface area contributed by atoms with Crippen molar-refractivity contribution in [1.29, 1.82) is 0 Å². The third-order valence-electron chi connectivity index (χ3n) is 6.38. The summed E-state index contributed by atoms with van der Waals surface area (Å²) in [7, 11) is 0. The molecule has 1 aromatic rings. The van der Waals surface area contributed by atoms with E-state index in [2.05, 4.69) is 88.3 Å². The number of nitrogens with two attached hydrogens (primary N) is 1. The van der Waals surface area contributed by atoms with Crippen molar-refractivity contribution in [3.8, 4) is 0 Å². The summed E-state index contributed by atoms with van der Waals surface area (Å²) in [6, 6.07) is 0. The van der Waals surface area contributed by atoms with Gasteiger partial charge in [-0.15, -0.1) is 0 Å². The Kier molecular flexibility index (Phi) is 17.7. The topological polar surface area (TPSA) is 191 Å². The van der Waals surface area contributed by atoms with Crippen LogP contribution in [0.2, 0.25) is 0 Å². The Bertz CT molecular complexity index is 1210. The number of rotatable bonds is 19. The van der Waals surface area contributed by atoms with Gasteiger partial charge < -0.3 is 36.1 Å². The number of carbonyl (C=O) groups excluding carboxylic acids is 2. The molecule has 4 atom stereocenters. The Hall–Kier alpha value is -4.07. The van der Waals surface area contributed by atoms with E-state index in [0.29, 0.717) is 6.42 Å². The van der Waals surface area contributed by atoms with Gasteiger partial charge in [-0.1, -0.05) is 67.7 Å². The molecule has 242 valence electrons. The molecule has 1 fully saturated rings. The monoisotopic (exact) mass is 614 g/mol. The first kappa shape index (κ1) is 36.1. The number of amides is 2. The first-order chi connectivity index (χ1) is 21.3. The maximum atomic E-state index is 12.0. The Labute approximate surface area is 258 Å². The van der Waals surface area contributed by atoms with Gasteiger partial charge >= 0.3 is 11.8 Å². The number of ether oxygens (including phenoxy) is 2. The zero-order valence-electron chi connectivity index (χ0n) is 25.3. The molecule has 0 aromatic carbocycles. The standard InChI is InChI=1S/C31H46N6O7/c1-2-3-4-5-6-7-8-9-10-11-12-13-14-15-16-17-18-19-25(38)33-20-21-34-31(42)43-22-24-26(39)27(40)28(44-24)37-23-35-29(32)36-30(37)41/h3-4,6-7,9-10,12-13,15-16,23-24,26-28,39-40H,2,5,8,11,14,17-22H2,1H3,(H,33,38)(H,34,42)(H2,32,36,41)/b4-3-,7-6-,10-9-,13-12-,16-15-/t24-,26-,27-,28?/m1/s1. The molecule has 6 N–H and O–H groups in total. The number of nitrogen functional groups attached to an aromatic ring is 1. The van der Waals surface area contributed by atoms with Crippen molar-refractivity contribution in [3.05, 3.63) is 77.6 Å². The van der Waals surface area contributed by atoms with Crippen molar-refractivity contribution in [1.82, 2.24) is 25.2 Å². The Balaban J connectivity index is 1.48. The van der Waals surface area contributed by atoms with Crippen LogP contribution in [0.15, 0.2) is 71.9 Å².